The molecule has 0 aromatic heterocycles. The Hall–Kier alpha value is -2.16. The average Bonchev–Trinajstić information content (AvgIpc) is 2.52. The van der Waals surface area contributed by atoms with Gasteiger partial charge in [-0.2, -0.15) is 0 Å². The van der Waals surface area contributed by atoms with Crippen LogP contribution < -0.4 is 15.9 Å². The molecule has 8 heteroatoms. The number of hydrogen-bond donors (Lipinski definition) is 3. The fourth-order valence-corrected chi connectivity index (χ4v) is 2.58. The van der Waals surface area contributed by atoms with Crippen molar-refractivity contribution in [2.75, 3.05) is 11.8 Å². The zero-order chi connectivity index (χ0) is 17.0. The Balaban J connectivity index is 2.40. The SMILES string of the molecule is CCCOC(=O)C1=C(C)NC(=S)N[C@@H]1c1cccc(N([O-])O)c1. The topological polar surface area (TPSA) is 96.9 Å². The van der Waals surface area contributed by atoms with Gasteiger partial charge in [0.05, 0.1) is 23.9 Å². The van der Waals surface area contributed by atoms with Crippen LogP contribution in [0.5, 0.6) is 0 Å². The quantitative estimate of drug-likeness (QED) is 0.427. The Morgan fingerprint density at radius 2 is 2.26 bits per heavy atom. The molecule has 23 heavy (non-hydrogen) atoms. The van der Waals surface area contributed by atoms with Crippen LogP contribution in [0.2, 0.25) is 0 Å². The van der Waals surface area contributed by atoms with Crippen LogP contribution in [-0.2, 0) is 9.53 Å². The normalized spacial score (nSPS) is 17.4. The molecule has 0 fully saturated rings. The van der Waals surface area contributed by atoms with E-state index in [1.54, 1.807) is 19.1 Å². The molecule has 0 spiro atoms. The molecule has 1 aromatic carbocycles. The Bertz CT molecular complexity index is 645. The summed E-state index contributed by atoms with van der Waals surface area (Å²) in [6.07, 6.45) is 0.715. The van der Waals surface area contributed by atoms with Gasteiger partial charge in [-0.25, -0.2) is 4.79 Å². The van der Waals surface area contributed by atoms with Crippen LogP contribution in [-0.4, -0.2) is 22.9 Å². The summed E-state index contributed by atoms with van der Waals surface area (Å²) in [5.74, 6) is -0.453. The molecule has 0 radical (unpaired) electrons. The van der Waals surface area contributed by atoms with Crippen molar-refractivity contribution in [2.24, 2.45) is 0 Å². The molecule has 0 bridgehead atoms. The first-order valence-corrected chi connectivity index (χ1v) is 7.56. The fraction of sp³-hybridized carbons (Fsp3) is 0.333. The van der Waals surface area contributed by atoms with E-state index in [1.165, 1.54) is 12.1 Å². The third kappa shape index (κ3) is 3.98. The zero-order valence-corrected chi connectivity index (χ0v) is 13.6. The van der Waals surface area contributed by atoms with Crippen LogP contribution in [0.15, 0.2) is 35.5 Å². The highest BCUT2D eigenvalue weighted by atomic mass is 32.1. The highest BCUT2D eigenvalue weighted by Crippen LogP contribution is 2.29. The van der Waals surface area contributed by atoms with Gasteiger partial charge in [0.15, 0.2) is 5.11 Å². The van der Waals surface area contributed by atoms with Gasteiger partial charge in [0.25, 0.3) is 0 Å². The van der Waals surface area contributed by atoms with Gasteiger partial charge in [-0.05, 0) is 43.3 Å². The Morgan fingerprint density at radius 1 is 1.52 bits per heavy atom. The number of anilines is 1. The van der Waals surface area contributed by atoms with Crippen molar-refractivity contribution < 1.29 is 14.7 Å². The number of benzene rings is 1. The van der Waals surface area contributed by atoms with Gasteiger partial charge >= 0.3 is 5.97 Å². The first-order valence-electron chi connectivity index (χ1n) is 7.15. The Morgan fingerprint density at radius 3 is 2.91 bits per heavy atom. The van der Waals surface area contributed by atoms with Crippen molar-refractivity contribution in [3.63, 3.8) is 0 Å². The minimum Gasteiger partial charge on any atom is -0.733 e. The van der Waals surface area contributed by atoms with Gasteiger partial charge in [0.2, 0.25) is 0 Å². The summed E-state index contributed by atoms with van der Waals surface area (Å²) in [5.41, 5.74) is 1.66. The molecule has 1 atom stereocenters. The number of esters is 1. The van der Waals surface area contributed by atoms with Gasteiger partial charge < -0.3 is 25.8 Å². The van der Waals surface area contributed by atoms with Crippen LogP contribution >= 0.6 is 12.2 Å². The Kier molecular flexibility index (Phi) is 5.54. The second-order valence-electron chi connectivity index (χ2n) is 5.07. The van der Waals surface area contributed by atoms with Gasteiger partial charge in [-0.1, -0.05) is 19.1 Å². The number of nitrogens with one attached hydrogen (secondary N) is 2. The molecule has 1 aliphatic rings. The van der Waals surface area contributed by atoms with Crippen molar-refractivity contribution in [2.45, 2.75) is 26.3 Å². The minimum absolute atomic E-state index is 0.0627. The summed E-state index contributed by atoms with van der Waals surface area (Å²) in [6.45, 7) is 3.96. The number of nitrogens with zero attached hydrogens (tertiary/aromatic N) is 1. The monoisotopic (exact) mass is 336 g/mol. The first-order chi connectivity index (χ1) is 10.9. The molecule has 1 heterocycles. The lowest BCUT2D eigenvalue weighted by molar-refractivity contribution is -0.139. The molecule has 0 unspecified atom stereocenters. The molecule has 2 rings (SSSR count). The maximum absolute atomic E-state index is 12.4. The molecule has 0 saturated heterocycles. The van der Waals surface area contributed by atoms with Crippen molar-refractivity contribution >= 4 is 29.0 Å². The smallest absolute Gasteiger partial charge is 0.338 e. The molecule has 0 saturated carbocycles. The number of carbonyl (C=O) groups excluding carboxylic acids is 1. The van der Waals surface area contributed by atoms with Crippen molar-refractivity contribution in [1.29, 1.82) is 0 Å². The molecule has 1 aromatic rings. The van der Waals surface area contributed by atoms with E-state index in [2.05, 4.69) is 10.6 Å². The summed E-state index contributed by atoms with van der Waals surface area (Å²) >= 11 is 5.14. The maximum Gasteiger partial charge on any atom is 0.338 e. The van der Waals surface area contributed by atoms with Crippen LogP contribution in [0.1, 0.15) is 31.9 Å². The summed E-state index contributed by atoms with van der Waals surface area (Å²) in [5, 5.41) is 26.2. The highest BCUT2D eigenvalue weighted by molar-refractivity contribution is 7.80. The van der Waals surface area contributed by atoms with E-state index in [4.69, 9.17) is 22.2 Å². The second-order valence-corrected chi connectivity index (χ2v) is 5.48. The van der Waals surface area contributed by atoms with E-state index in [1.807, 2.05) is 6.92 Å². The van der Waals surface area contributed by atoms with Gasteiger partial charge in [-0.3, -0.25) is 5.21 Å². The molecule has 0 amide bonds. The van der Waals surface area contributed by atoms with Gasteiger partial charge in [0.1, 0.15) is 0 Å². The van der Waals surface area contributed by atoms with Crippen LogP contribution in [0.25, 0.3) is 0 Å². The van der Waals surface area contributed by atoms with E-state index >= 15 is 0 Å². The number of carbonyl (C=O) groups is 1. The highest BCUT2D eigenvalue weighted by Gasteiger charge is 2.31. The maximum atomic E-state index is 12.4. The largest absolute Gasteiger partial charge is 0.733 e. The molecule has 7 nitrogen and oxygen atoms in total. The lowest BCUT2D eigenvalue weighted by Gasteiger charge is -2.31. The predicted molar refractivity (Wildman–Crippen MR) is 89.6 cm³/mol. The summed E-state index contributed by atoms with van der Waals surface area (Å²) in [6, 6.07) is 5.73. The van der Waals surface area contributed by atoms with Crippen LogP contribution in [0.3, 0.4) is 0 Å². The molecule has 3 N–H and O–H groups in total. The van der Waals surface area contributed by atoms with Crippen molar-refractivity contribution in [3.8, 4) is 0 Å². The predicted octanol–water partition coefficient (Wildman–Crippen LogP) is 2.13. The molecular weight excluding hydrogens is 318 g/mol. The van der Waals surface area contributed by atoms with E-state index in [0.29, 0.717) is 35.0 Å². The second kappa shape index (κ2) is 7.40. The summed E-state index contributed by atoms with van der Waals surface area (Å²) in [4.78, 5) is 12.4. The third-order valence-corrected chi connectivity index (χ3v) is 3.57. The number of allylic oxidation sites excluding steroid dienone is 1. The number of ether oxygens (including phenoxy) is 1. The molecule has 0 aliphatic carbocycles. The summed E-state index contributed by atoms with van der Waals surface area (Å²) in [7, 11) is 0. The summed E-state index contributed by atoms with van der Waals surface area (Å²) < 4.78 is 5.22. The van der Waals surface area contributed by atoms with E-state index in [-0.39, 0.29) is 10.9 Å². The Labute approximate surface area is 139 Å². The average molecular weight is 336 g/mol. The van der Waals surface area contributed by atoms with Gasteiger partial charge in [0, 0.05) is 5.70 Å². The standard InChI is InChI=1S/C15H18N3O4S/c1-3-7-22-14(19)12-9(2)16-15(23)17-13(12)10-5-4-6-11(8-10)18(20)21/h4-6,8,13,20H,3,7H2,1-2H3,(H2,16,17,23)/q-1/t13-/m1/s1. The van der Waals surface area contributed by atoms with E-state index < -0.39 is 12.0 Å². The van der Waals surface area contributed by atoms with E-state index in [9.17, 15) is 10.0 Å². The lowest BCUT2D eigenvalue weighted by Crippen LogP contribution is -2.45. The molecular formula is C15H18N3O4S-. The van der Waals surface area contributed by atoms with E-state index in [0.717, 1.165) is 0 Å². The number of rotatable bonds is 5. The fourth-order valence-electron chi connectivity index (χ4n) is 2.31. The lowest BCUT2D eigenvalue weighted by atomic mass is 9.95. The minimum atomic E-state index is -0.562. The van der Waals surface area contributed by atoms with Crippen molar-refractivity contribution in [1.82, 2.24) is 10.6 Å². The van der Waals surface area contributed by atoms with Crippen molar-refractivity contribution in [3.05, 3.63) is 46.3 Å². The molecule has 1 aliphatic heterocycles. The third-order valence-electron chi connectivity index (χ3n) is 3.35. The first kappa shape index (κ1) is 17.2. The molecule has 124 valence electrons. The zero-order valence-electron chi connectivity index (χ0n) is 12.8. The van der Waals surface area contributed by atoms with Crippen LogP contribution in [0, 0.1) is 5.21 Å². The van der Waals surface area contributed by atoms with Crippen LogP contribution in [0.4, 0.5) is 5.69 Å². The number of thiocarbonyl (C=S) groups is 1. The van der Waals surface area contributed by atoms with Gasteiger partial charge in [-0.15, -0.1) is 0 Å². The number of hydrogen-bond acceptors (Lipinski definition) is 6.